The van der Waals surface area contributed by atoms with Gasteiger partial charge in [0.15, 0.2) is 5.96 Å². The summed E-state index contributed by atoms with van der Waals surface area (Å²) in [5.74, 6) is -5.39. The molecule has 252 valence electrons. The number of carboxylic acids is 1. The molecular formula is C29H48N8O8. The molecule has 1 aromatic rings. The molecule has 0 bridgehead atoms. The lowest BCUT2D eigenvalue weighted by Crippen LogP contribution is -2.59. The average Bonchev–Trinajstić information content (AvgIpc) is 2.99. The van der Waals surface area contributed by atoms with Crippen LogP contribution in [0.25, 0.3) is 0 Å². The minimum absolute atomic E-state index is 0.0662. The summed E-state index contributed by atoms with van der Waals surface area (Å²) < 4.78 is 0. The van der Waals surface area contributed by atoms with Gasteiger partial charge < -0.3 is 53.8 Å². The van der Waals surface area contributed by atoms with Crippen LogP contribution in [0.15, 0.2) is 23.2 Å². The number of carboxylic acid groups (broad SMARTS) is 1. The molecule has 0 aromatic heterocycles. The third-order valence-electron chi connectivity index (χ3n) is 7.19. The summed E-state index contributed by atoms with van der Waals surface area (Å²) in [7, 11) is 0. The van der Waals surface area contributed by atoms with Crippen molar-refractivity contribution in [1.29, 1.82) is 0 Å². The molecule has 16 heteroatoms. The number of phenols is 2. The van der Waals surface area contributed by atoms with Crippen LogP contribution in [0.5, 0.6) is 11.5 Å². The van der Waals surface area contributed by atoms with E-state index in [1.807, 2.05) is 0 Å². The Morgan fingerprint density at radius 2 is 1.42 bits per heavy atom. The largest absolute Gasteiger partial charge is 0.508 e. The maximum absolute atomic E-state index is 13.6. The molecule has 16 nitrogen and oxygen atoms in total. The van der Waals surface area contributed by atoms with Gasteiger partial charge in [-0.2, -0.15) is 0 Å². The summed E-state index contributed by atoms with van der Waals surface area (Å²) in [6, 6.07) is -1.22. The number of aliphatic carboxylic acids is 1. The highest BCUT2D eigenvalue weighted by atomic mass is 16.4. The van der Waals surface area contributed by atoms with Crippen molar-refractivity contribution >= 4 is 35.6 Å². The van der Waals surface area contributed by atoms with Gasteiger partial charge in [0.1, 0.15) is 35.7 Å². The van der Waals surface area contributed by atoms with Crippen LogP contribution in [0.4, 0.5) is 0 Å². The van der Waals surface area contributed by atoms with Crippen LogP contribution >= 0.6 is 0 Å². The average molecular weight is 637 g/mol. The Morgan fingerprint density at radius 1 is 0.822 bits per heavy atom. The minimum Gasteiger partial charge on any atom is -0.508 e. The van der Waals surface area contributed by atoms with Gasteiger partial charge in [-0.15, -0.1) is 0 Å². The van der Waals surface area contributed by atoms with E-state index in [4.69, 9.17) is 17.2 Å². The molecule has 0 fully saturated rings. The number of carbonyl (C=O) groups excluding carboxylic acids is 4. The van der Waals surface area contributed by atoms with Crippen molar-refractivity contribution in [2.75, 3.05) is 13.1 Å². The molecule has 0 heterocycles. The van der Waals surface area contributed by atoms with Gasteiger partial charge in [0.05, 0.1) is 5.56 Å². The van der Waals surface area contributed by atoms with Crippen molar-refractivity contribution in [3.05, 3.63) is 23.8 Å². The molecule has 0 radical (unpaired) electrons. The molecule has 0 saturated heterocycles. The lowest BCUT2D eigenvalue weighted by atomic mass is 9.96. The Bertz CT molecular complexity index is 1190. The monoisotopic (exact) mass is 636 g/mol. The lowest BCUT2D eigenvalue weighted by molar-refractivity contribution is -0.142. The van der Waals surface area contributed by atoms with Gasteiger partial charge in [0.2, 0.25) is 17.7 Å². The number of phenolic OH excluding ortho intramolecular Hbond substituents is 2. The first-order valence-electron chi connectivity index (χ1n) is 15.0. The summed E-state index contributed by atoms with van der Waals surface area (Å²) in [5.41, 5.74) is 16.1. The zero-order chi connectivity index (χ0) is 34.1. The quantitative estimate of drug-likeness (QED) is 0.0372. The fraction of sp³-hybridized carbons (Fsp3) is 0.586. The number of carbonyl (C=O) groups is 5. The summed E-state index contributed by atoms with van der Waals surface area (Å²) in [6.45, 7) is 5.62. The molecular weight excluding hydrogens is 588 g/mol. The molecule has 4 amide bonds. The number of unbranched alkanes of at least 4 members (excludes halogenated alkanes) is 1. The van der Waals surface area contributed by atoms with Gasteiger partial charge in [0, 0.05) is 6.54 Å². The van der Waals surface area contributed by atoms with Crippen LogP contribution in [0, 0.1) is 5.92 Å². The standard InChI is InChI=1S/C29H48N8O8/c1-4-16(3)23(27(43)36-21(10-8-14-33-29(31)32)25(41)34-19(5-2)28(44)45)37-26(42)20(9-6-7-13-30)35-24(40)18-15-17(38)11-12-22(18)39/h11-12,15-16,19-21,23,38-39H,4-10,13-14,30H2,1-3H3,(H,34,41)(H,35,40)(H,36,43)(H,37,42)(H,44,45)(H4,31,32,33)/t16-,19-,20-,21-,23-/m0/s1. The Labute approximate surface area is 262 Å². The van der Waals surface area contributed by atoms with Gasteiger partial charge >= 0.3 is 5.97 Å². The van der Waals surface area contributed by atoms with Crippen molar-refractivity contribution in [3.8, 4) is 11.5 Å². The number of nitrogens with zero attached hydrogens (tertiary/aromatic N) is 1. The number of rotatable bonds is 20. The summed E-state index contributed by atoms with van der Waals surface area (Å²) in [4.78, 5) is 68.5. The molecule has 0 aliphatic heterocycles. The molecule has 0 spiro atoms. The van der Waals surface area contributed by atoms with Gasteiger partial charge in [-0.1, -0.05) is 27.2 Å². The molecule has 0 aliphatic rings. The molecule has 5 atom stereocenters. The topological polar surface area (TPSA) is 285 Å². The number of hydrogen-bond donors (Lipinski definition) is 10. The van der Waals surface area contributed by atoms with E-state index in [0.717, 1.165) is 12.1 Å². The number of guanidine groups is 1. The highest BCUT2D eigenvalue weighted by molar-refractivity contribution is 6.00. The second-order valence-corrected chi connectivity index (χ2v) is 10.7. The molecule has 45 heavy (non-hydrogen) atoms. The van der Waals surface area contributed by atoms with E-state index < -0.39 is 65.4 Å². The van der Waals surface area contributed by atoms with Gasteiger partial charge in [-0.3, -0.25) is 24.2 Å². The zero-order valence-electron chi connectivity index (χ0n) is 26.0. The normalized spacial score (nSPS) is 14.1. The number of hydrogen-bond acceptors (Lipinski definition) is 9. The first kappa shape index (κ1) is 38.4. The molecule has 0 saturated carbocycles. The van der Waals surface area contributed by atoms with Crippen LogP contribution in [0.1, 0.15) is 76.1 Å². The Balaban J connectivity index is 3.23. The van der Waals surface area contributed by atoms with Gasteiger partial charge in [-0.05, 0) is 69.2 Å². The SMILES string of the molecule is CC[C@H](NC(=O)[C@H](CCCN=C(N)N)NC(=O)[C@@H](NC(=O)[C@H](CCCCN)NC(=O)c1cc(O)ccc1O)[C@@H](C)CC)C(=O)O. The Hall–Kier alpha value is -4.60. The first-order valence-corrected chi connectivity index (χ1v) is 15.0. The molecule has 1 rings (SSSR count). The van der Waals surface area contributed by atoms with Gasteiger partial charge in [-0.25, -0.2) is 4.79 Å². The smallest absolute Gasteiger partial charge is 0.326 e. The van der Waals surface area contributed by atoms with E-state index in [0.29, 0.717) is 25.8 Å². The van der Waals surface area contributed by atoms with E-state index in [1.54, 1.807) is 20.8 Å². The third-order valence-corrected chi connectivity index (χ3v) is 7.19. The van der Waals surface area contributed by atoms with Crippen molar-refractivity contribution in [2.45, 2.75) is 89.9 Å². The van der Waals surface area contributed by atoms with Crippen molar-refractivity contribution in [3.63, 3.8) is 0 Å². The van der Waals surface area contributed by atoms with Crippen LogP contribution in [-0.4, -0.2) is 88.1 Å². The van der Waals surface area contributed by atoms with E-state index in [1.165, 1.54) is 6.07 Å². The highest BCUT2D eigenvalue weighted by Gasteiger charge is 2.33. The summed E-state index contributed by atoms with van der Waals surface area (Å²) in [6.07, 6.45) is 2.08. The number of amides is 4. The predicted octanol–water partition coefficient (Wildman–Crippen LogP) is -0.626. The lowest BCUT2D eigenvalue weighted by Gasteiger charge is -2.29. The zero-order valence-corrected chi connectivity index (χ0v) is 26.0. The third kappa shape index (κ3) is 13.3. The van der Waals surface area contributed by atoms with E-state index >= 15 is 0 Å². The van der Waals surface area contributed by atoms with Crippen molar-refractivity contribution in [2.24, 2.45) is 28.1 Å². The maximum Gasteiger partial charge on any atom is 0.326 e. The number of aliphatic imine (C=N–C) groups is 1. The van der Waals surface area contributed by atoms with Crippen molar-refractivity contribution < 1.29 is 39.3 Å². The fourth-order valence-electron chi connectivity index (χ4n) is 4.30. The van der Waals surface area contributed by atoms with Crippen LogP contribution in [-0.2, 0) is 19.2 Å². The summed E-state index contributed by atoms with van der Waals surface area (Å²) in [5, 5.41) is 39.5. The fourth-order valence-corrected chi connectivity index (χ4v) is 4.30. The number of aromatic hydroxyl groups is 2. The molecule has 0 unspecified atom stereocenters. The second-order valence-electron chi connectivity index (χ2n) is 10.7. The second kappa shape index (κ2) is 19.6. The maximum atomic E-state index is 13.6. The van der Waals surface area contributed by atoms with E-state index in [2.05, 4.69) is 26.3 Å². The molecule has 13 N–H and O–H groups in total. The van der Waals surface area contributed by atoms with Crippen LogP contribution < -0.4 is 38.5 Å². The first-order chi connectivity index (χ1) is 21.2. The van der Waals surface area contributed by atoms with Crippen LogP contribution in [0.2, 0.25) is 0 Å². The molecule has 1 aromatic carbocycles. The number of benzene rings is 1. The highest BCUT2D eigenvalue weighted by Crippen LogP contribution is 2.22. The van der Waals surface area contributed by atoms with E-state index in [9.17, 15) is 39.3 Å². The van der Waals surface area contributed by atoms with E-state index in [-0.39, 0.29) is 49.5 Å². The predicted molar refractivity (Wildman–Crippen MR) is 167 cm³/mol. The number of nitrogens with one attached hydrogen (secondary N) is 4. The Morgan fingerprint density at radius 3 is 2.00 bits per heavy atom. The molecule has 0 aliphatic carbocycles. The number of nitrogens with two attached hydrogens (primary N) is 3. The summed E-state index contributed by atoms with van der Waals surface area (Å²) >= 11 is 0. The Kier molecular flexibility index (Phi) is 16.8. The van der Waals surface area contributed by atoms with Crippen LogP contribution in [0.3, 0.4) is 0 Å². The minimum atomic E-state index is -1.23. The van der Waals surface area contributed by atoms with Gasteiger partial charge in [0.25, 0.3) is 5.91 Å². The van der Waals surface area contributed by atoms with Crippen molar-refractivity contribution in [1.82, 2.24) is 21.3 Å².